The highest BCUT2D eigenvalue weighted by molar-refractivity contribution is 5.24. The Labute approximate surface area is 112 Å². The van der Waals surface area contributed by atoms with Gasteiger partial charge in [0.25, 0.3) is 0 Å². The molecule has 0 aliphatic rings. The first-order chi connectivity index (χ1) is 8.90. The van der Waals surface area contributed by atoms with Gasteiger partial charge in [-0.1, -0.05) is 81.4 Å². The van der Waals surface area contributed by atoms with Crippen molar-refractivity contribution in [3.8, 4) is 0 Å². The second kappa shape index (κ2) is 8.52. The topological polar surface area (TPSA) is 0 Å². The number of hydrogen-bond acceptors (Lipinski definition) is 0. The van der Waals surface area contributed by atoms with Crippen molar-refractivity contribution in [2.45, 2.75) is 39.5 Å². The van der Waals surface area contributed by atoms with Crippen LogP contribution >= 0.6 is 0 Å². The molecular formula is C18H24. The van der Waals surface area contributed by atoms with Crippen LogP contribution in [0.2, 0.25) is 0 Å². The molecule has 18 heavy (non-hydrogen) atoms. The summed E-state index contributed by atoms with van der Waals surface area (Å²) in [6, 6.07) is 21.5. The van der Waals surface area contributed by atoms with Gasteiger partial charge in [0.05, 0.1) is 0 Å². The van der Waals surface area contributed by atoms with E-state index in [0.717, 1.165) is 6.42 Å². The summed E-state index contributed by atoms with van der Waals surface area (Å²) in [7, 11) is 0. The van der Waals surface area contributed by atoms with E-state index in [1.165, 1.54) is 17.5 Å². The predicted molar refractivity (Wildman–Crippen MR) is 81.0 cm³/mol. The Morgan fingerprint density at radius 1 is 0.778 bits per heavy atom. The number of benzene rings is 2. The van der Waals surface area contributed by atoms with E-state index in [1.54, 1.807) is 0 Å². The van der Waals surface area contributed by atoms with Crippen molar-refractivity contribution in [1.29, 1.82) is 0 Å². The molecule has 0 heterocycles. The van der Waals surface area contributed by atoms with Crippen LogP contribution in [0, 0.1) is 0 Å². The fourth-order valence-electron chi connectivity index (χ4n) is 2.12. The molecule has 96 valence electrons. The Kier molecular flexibility index (Phi) is 6.86. The van der Waals surface area contributed by atoms with Crippen LogP contribution in [0.3, 0.4) is 0 Å². The summed E-state index contributed by atoms with van der Waals surface area (Å²) in [6.45, 7) is 6.26. The predicted octanol–water partition coefficient (Wildman–Crippen LogP) is 5.45. The fourth-order valence-corrected chi connectivity index (χ4v) is 2.12. The van der Waals surface area contributed by atoms with Crippen molar-refractivity contribution in [3.05, 3.63) is 71.8 Å². The van der Waals surface area contributed by atoms with Crippen LogP contribution in [-0.4, -0.2) is 0 Å². The zero-order chi connectivity index (χ0) is 13.2. The number of hydrogen-bond donors (Lipinski definition) is 0. The highest BCUT2D eigenvalue weighted by atomic mass is 14.1. The van der Waals surface area contributed by atoms with Crippen LogP contribution in [0.25, 0.3) is 0 Å². The van der Waals surface area contributed by atoms with Crippen LogP contribution in [0.1, 0.15) is 44.2 Å². The van der Waals surface area contributed by atoms with Gasteiger partial charge in [-0.3, -0.25) is 0 Å². The molecular weight excluding hydrogens is 216 g/mol. The van der Waals surface area contributed by atoms with Crippen molar-refractivity contribution in [1.82, 2.24) is 0 Å². The second-order valence-corrected chi connectivity index (χ2v) is 4.21. The molecule has 0 aliphatic carbocycles. The molecule has 0 saturated carbocycles. The lowest BCUT2D eigenvalue weighted by molar-refractivity contribution is 0.660. The molecule has 2 aromatic carbocycles. The molecule has 0 aliphatic heterocycles. The van der Waals surface area contributed by atoms with Gasteiger partial charge in [-0.25, -0.2) is 0 Å². The molecule has 1 unspecified atom stereocenters. The van der Waals surface area contributed by atoms with E-state index < -0.39 is 0 Å². The largest absolute Gasteiger partial charge is 0.0683 e. The standard InChI is InChI=1S/C16H18.C2H6/c1-2-15(16-11-7-4-8-12-16)13-14-9-5-3-6-10-14;1-2/h3-12,15H,2,13H2,1H3;1-2H3. The van der Waals surface area contributed by atoms with Crippen molar-refractivity contribution in [2.75, 3.05) is 0 Å². The molecule has 0 fully saturated rings. The lowest BCUT2D eigenvalue weighted by Crippen LogP contribution is -2.01. The lowest BCUT2D eigenvalue weighted by Gasteiger charge is -2.15. The minimum absolute atomic E-state index is 0.642. The second-order valence-electron chi connectivity index (χ2n) is 4.21. The molecule has 0 bridgehead atoms. The molecule has 0 nitrogen and oxygen atoms in total. The van der Waals surface area contributed by atoms with Crippen molar-refractivity contribution in [2.24, 2.45) is 0 Å². The van der Waals surface area contributed by atoms with E-state index in [9.17, 15) is 0 Å². The normalized spacial score (nSPS) is 11.3. The van der Waals surface area contributed by atoms with E-state index in [0.29, 0.717) is 5.92 Å². The molecule has 0 spiro atoms. The molecule has 0 amide bonds. The smallest absolute Gasteiger partial charge is 0.0124 e. The molecule has 0 aromatic heterocycles. The minimum atomic E-state index is 0.642. The van der Waals surface area contributed by atoms with E-state index in [2.05, 4.69) is 67.6 Å². The van der Waals surface area contributed by atoms with Gasteiger partial charge < -0.3 is 0 Å². The van der Waals surface area contributed by atoms with Crippen molar-refractivity contribution in [3.63, 3.8) is 0 Å². The van der Waals surface area contributed by atoms with E-state index in [-0.39, 0.29) is 0 Å². The van der Waals surface area contributed by atoms with Gasteiger partial charge in [0.2, 0.25) is 0 Å². The quantitative estimate of drug-likeness (QED) is 0.666. The SMILES string of the molecule is CC.CCC(Cc1ccccc1)c1ccccc1. The summed E-state index contributed by atoms with van der Waals surface area (Å²) < 4.78 is 0. The summed E-state index contributed by atoms with van der Waals surface area (Å²) >= 11 is 0. The fraction of sp³-hybridized carbons (Fsp3) is 0.333. The highest BCUT2D eigenvalue weighted by Gasteiger charge is 2.09. The van der Waals surface area contributed by atoms with Gasteiger partial charge in [0.15, 0.2) is 0 Å². The average Bonchev–Trinajstić information content (AvgIpc) is 2.49. The first-order valence-electron chi connectivity index (χ1n) is 6.99. The zero-order valence-electron chi connectivity index (χ0n) is 11.8. The summed E-state index contributed by atoms with van der Waals surface area (Å²) in [5.74, 6) is 0.642. The molecule has 2 aromatic rings. The maximum absolute atomic E-state index is 2.26. The van der Waals surface area contributed by atoms with E-state index in [4.69, 9.17) is 0 Å². The summed E-state index contributed by atoms with van der Waals surface area (Å²) in [5.41, 5.74) is 2.88. The first kappa shape index (κ1) is 14.5. The van der Waals surface area contributed by atoms with Gasteiger partial charge in [-0.2, -0.15) is 0 Å². The third-order valence-electron chi connectivity index (χ3n) is 3.09. The van der Waals surface area contributed by atoms with E-state index in [1.807, 2.05) is 13.8 Å². The molecule has 1 atom stereocenters. The molecule has 0 N–H and O–H groups in total. The van der Waals surface area contributed by atoms with Crippen LogP contribution in [0.4, 0.5) is 0 Å². The summed E-state index contributed by atoms with van der Waals surface area (Å²) in [6.07, 6.45) is 2.33. The maximum Gasteiger partial charge on any atom is -0.0124 e. The first-order valence-corrected chi connectivity index (χ1v) is 6.99. The molecule has 2 rings (SSSR count). The maximum atomic E-state index is 2.26. The van der Waals surface area contributed by atoms with Crippen LogP contribution in [0.15, 0.2) is 60.7 Å². The Balaban J connectivity index is 0.000000771. The van der Waals surface area contributed by atoms with E-state index >= 15 is 0 Å². The van der Waals surface area contributed by atoms with Gasteiger partial charge >= 0.3 is 0 Å². The van der Waals surface area contributed by atoms with Gasteiger partial charge in [-0.05, 0) is 29.9 Å². The lowest BCUT2D eigenvalue weighted by atomic mass is 9.90. The zero-order valence-corrected chi connectivity index (χ0v) is 11.8. The monoisotopic (exact) mass is 240 g/mol. The Bertz CT molecular complexity index is 403. The summed E-state index contributed by atoms with van der Waals surface area (Å²) in [4.78, 5) is 0. The van der Waals surface area contributed by atoms with Crippen molar-refractivity contribution < 1.29 is 0 Å². The molecule has 0 heteroatoms. The Morgan fingerprint density at radius 3 is 1.78 bits per heavy atom. The van der Waals surface area contributed by atoms with Crippen LogP contribution in [-0.2, 0) is 6.42 Å². The van der Waals surface area contributed by atoms with Gasteiger partial charge in [-0.15, -0.1) is 0 Å². The van der Waals surface area contributed by atoms with Gasteiger partial charge in [0, 0.05) is 0 Å². The van der Waals surface area contributed by atoms with Crippen LogP contribution in [0.5, 0.6) is 0 Å². The van der Waals surface area contributed by atoms with Crippen LogP contribution < -0.4 is 0 Å². The third-order valence-corrected chi connectivity index (χ3v) is 3.09. The van der Waals surface area contributed by atoms with Gasteiger partial charge in [0.1, 0.15) is 0 Å². The minimum Gasteiger partial charge on any atom is -0.0683 e. The highest BCUT2D eigenvalue weighted by Crippen LogP contribution is 2.23. The average molecular weight is 240 g/mol. The van der Waals surface area contributed by atoms with Crippen molar-refractivity contribution >= 4 is 0 Å². The summed E-state index contributed by atoms with van der Waals surface area (Å²) in [5, 5.41) is 0. The Morgan fingerprint density at radius 2 is 1.28 bits per heavy atom. The number of rotatable bonds is 4. The molecule has 0 radical (unpaired) electrons. The Hall–Kier alpha value is -1.56. The third kappa shape index (κ3) is 4.37. The molecule has 0 saturated heterocycles.